The summed E-state index contributed by atoms with van der Waals surface area (Å²) >= 11 is 0. The Morgan fingerprint density at radius 3 is 3.17 bits per heavy atom. The second-order valence-electron chi connectivity index (χ2n) is 4.73. The van der Waals surface area contributed by atoms with Gasteiger partial charge in [0.15, 0.2) is 0 Å². The Morgan fingerprint density at radius 1 is 1.61 bits per heavy atom. The lowest BCUT2D eigenvalue weighted by Crippen LogP contribution is -2.27. The van der Waals surface area contributed by atoms with Crippen molar-refractivity contribution >= 4 is 5.91 Å². The van der Waals surface area contributed by atoms with Crippen molar-refractivity contribution in [3.63, 3.8) is 0 Å². The second-order valence-corrected chi connectivity index (χ2v) is 4.73. The maximum atomic E-state index is 10.9. The molecule has 0 fully saturated rings. The number of carbonyl (C=O) groups is 1. The molecule has 0 radical (unpaired) electrons. The van der Waals surface area contributed by atoms with E-state index in [9.17, 15) is 4.79 Å². The fraction of sp³-hybridized carbons (Fsp3) is 0.615. The van der Waals surface area contributed by atoms with Gasteiger partial charge in [0, 0.05) is 23.5 Å². The molecule has 18 heavy (non-hydrogen) atoms. The van der Waals surface area contributed by atoms with Gasteiger partial charge in [-0.05, 0) is 32.2 Å². The van der Waals surface area contributed by atoms with Crippen molar-refractivity contribution in [3.05, 3.63) is 23.3 Å². The van der Waals surface area contributed by atoms with Crippen LogP contribution >= 0.6 is 0 Å². The fourth-order valence-electron chi connectivity index (χ4n) is 2.36. The Bertz CT molecular complexity index is 433. The highest BCUT2D eigenvalue weighted by Gasteiger charge is 2.21. The van der Waals surface area contributed by atoms with Crippen LogP contribution < -0.4 is 11.1 Å². The first-order valence-corrected chi connectivity index (χ1v) is 6.57. The summed E-state index contributed by atoms with van der Waals surface area (Å²) in [6.45, 7) is 3.16. The van der Waals surface area contributed by atoms with E-state index in [4.69, 9.17) is 5.73 Å². The van der Waals surface area contributed by atoms with Gasteiger partial charge in [-0.1, -0.05) is 6.92 Å². The largest absolute Gasteiger partial charge is 0.369 e. The molecule has 1 heterocycles. The van der Waals surface area contributed by atoms with Crippen LogP contribution in [0.4, 0.5) is 0 Å². The number of carbonyl (C=O) groups excluding carboxylic acids is 1. The van der Waals surface area contributed by atoms with Gasteiger partial charge in [-0.25, -0.2) is 9.97 Å². The Hall–Kier alpha value is -1.49. The standard InChI is InChI=1S/C13H20N4O/c1-2-6-15-10-4-3-5-11-9(10)8-16-13(17-11)7-12(14)18/h8,10,15H,2-7H2,1H3,(H2,14,18). The predicted molar refractivity (Wildman–Crippen MR) is 68.9 cm³/mol. The van der Waals surface area contributed by atoms with Crippen LogP contribution in [0, 0.1) is 0 Å². The van der Waals surface area contributed by atoms with E-state index < -0.39 is 0 Å². The van der Waals surface area contributed by atoms with Gasteiger partial charge < -0.3 is 11.1 Å². The van der Waals surface area contributed by atoms with Crippen LogP contribution in [0.2, 0.25) is 0 Å². The molecule has 0 saturated heterocycles. The minimum absolute atomic E-state index is 0.125. The number of nitrogens with zero attached hydrogens (tertiary/aromatic N) is 2. The van der Waals surface area contributed by atoms with E-state index in [0.717, 1.165) is 37.9 Å². The summed E-state index contributed by atoms with van der Waals surface area (Å²) in [7, 11) is 0. The molecule has 0 spiro atoms. The zero-order valence-electron chi connectivity index (χ0n) is 10.8. The monoisotopic (exact) mass is 248 g/mol. The Labute approximate surface area is 107 Å². The first kappa shape index (κ1) is 13.0. The van der Waals surface area contributed by atoms with Crippen molar-refractivity contribution in [1.29, 1.82) is 0 Å². The van der Waals surface area contributed by atoms with E-state index in [0.29, 0.717) is 11.9 Å². The summed E-state index contributed by atoms with van der Waals surface area (Å²) < 4.78 is 0. The molecule has 1 aliphatic carbocycles. The molecule has 3 N–H and O–H groups in total. The van der Waals surface area contributed by atoms with Crippen LogP contribution in [0.15, 0.2) is 6.20 Å². The molecule has 0 aromatic carbocycles. The van der Waals surface area contributed by atoms with Crippen molar-refractivity contribution in [1.82, 2.24) is 15.3 Å². The molecular formula is C13H20N4O. The maximum absolute atomic E-state index is 10.9. The third-order valence-corrected chi connectivity index (χ3v) is 3.20. The number of rotatable bonds is 5. The van der Waals surface area contributed by atoms with Crippen LogP contribution in [-0.2, 0) is 17.6 Å². The number of aryl methyl sites for hydroxylation is 1. The SMILES string of the molecule is CCCNC1CCCc2nc(CC(N)=O)ncc21. The summed E-state index contributed by atoms with van der Waals surface area (Å²) in [5.41, 5.74) is 7.42. The number of primary amides is 1. The molecule has 1 aliphatic rings. The zero-order valence-corrected chi connectivity index (χ0v) is 10.8. The molecule has 0 bridgehead atoms. The van der Waals surface area contributed by atoms with Crippen LogP contribution in [0.3, 0.4) is 0 Å². The molecular weight excluding hydrogens is 228 g/mol. The molecule has 0 aliphatic heterocycles. The highest BCUT2D eigenvalue weighted by atomic mass is 16.1. The molecule has 5 heteroatoms. The van der Waals surface area contributed by atoms with Crippen LogP contribution in [0.25, 0.3) is 0 Å². The minimum Gasteiger partial charge on any atom is -0.369 e. The number of hydrogen-bond donors (Lipinski definition) is 2. The molecule has 1 unspecified atom stereocenters. The lowest BCUT2D eigenvalue weighted by atomic mass is 9.92. The quantitative estimate of drug-likeness (QED) is 0.810. The molecule has 1 amide bonds. The normalized spacial score (nSPS) is 18.4. The lowest BCUT2D eigenvalue weighted by molar-refractivity contribution is -0.117. The predicted octanol–water partition coefficient (Wildman–Crippen LogP) is 0.881. The van der Waals surface area contributed by atoms with Gasteiger partial charge in [0.2, 0.25) is 5.91 Å². The van der Waals surface area contributed by atoms with Gasteiger partial charge in [-0.15, -0.1) is 0 Å². The number of aromatic nitrogens is 2. The molecule has 1 atom stereocenters. The zero-order chi connectivity index (χ0) is 13.0. The summed E-state index contributed by atoms with van der Waals surface area (Å²) in [4.78, 5) is 19.6. The van der Waals surface area contributed by atoms with Crippen LogP contribution in [0.5, 0.6) is 0 Å². The molecule has 98 valence electrons. The lowest BCUT2D eigenvalue weighted by Gasteiger charge is -2.25. The van der Waals surface area contributed by atoms with Gasteiger partial charge in [0.1, 0.15) is 5.82 Å². The van der Waals surface area contributed by atoms with Gasteiger partial charge in [0.05, 0.1) is 6.42 Å². The molecule has 2 rings (SSSR count). The smallest absolute Gasteiger partial charge is 0.225 e. The van der Waals surface area contributed by atoms with Crippen molar-refractivity contribution < 1.29 is 4.79 Å². The van der Waals surface area contributed by atoms with E-state index in [1.165, 1.54) is 5.56 Å². The number of nitrogens with two attached hydrogens (primary N) is 1. The average Bonchev–Trinajstić information content (AvgIpc) is 2.35. The number of amides is 1. The van der Waals surface area contributed by atoms with Gasteiger partial charge in [0.25, 0.3) is 0 Å². The summed E-state index contributed by atoms with van der Waals surface area (Å²) in [6, 6.07) is 0.358. The average molecular weight is 248 g/mol. The van der Waals surface area contributed by atoms with Crippen LogP contribution in [-0.4, -0.2) is 22.4 Å². The molecule has 5 nitrogen and oxygen atoms in total. The van der Waals surface area contributed by atoms with Gasteiger partial charge in [-0.2, -0.15) is 0 Å². The van der Waals surface area contributed by atoms with E-state index in [1.54, 1.807) is 0 Å². The first-order chi connectivity index (χ1) is 8.70. The molecule has 1 aromatic heterocycles. The van der Waals surface area contributed by atoms with Crippen molar-refractivity contribution in [3.8, 4) is 0 Å². The number of fused-ring (bicyclic) bond motifs is 1. The van der Waals surface area contributed by atoms with Crippen molar-refractivity contribution in [2.24, 2.45) is 5.73 Å². The van der Waals surface area contributed by atoms with Crippen molar-refractivity contribution in [2.45, 2.75) is 45.1 Å². The molecule has 1 aromatic rings. The molecule has 0 saturated carbocycles. The third kappa shape index (κ3) is 3.04. The second kappa shape index (κ2) is 5.91. The third-order valence-electron chi connectivity index (χ3n) is 3.20. The topological polar surface area (TPSA) is 80.9 Å². The summed E-state index contributed by atoms with van der Waals surface area (Å²) in [5, 5.41) is 3.52. The van der Waals surface area contributed by atoms with Gasteiger partial charge in [-0.3, -0.25) is 4.79 Å². The minimum atomic E-state index is -0.383. The van der Waals surface area contributed by atoms with Crippen molar-refractivity contribution in [2.75, 3.05) is 6.54 Å². The Balaban J connectivity index is 2.16. The fourth-order valence-corrected chi connectivity index (χ4v) is 2.36. The highest BCUT2D eigenvalue weighted by molar-refractivity contribution is 5.75. The van der Waals surface area contributed by atoms with E-state index in [2.05, 4.69) is 22.2 Å². The highest BCUT2D eigenvalue weighted by Crippen LogP contribution is 2.27. The Kier molecular flexibility index (Phi) is 4.25. The summed E-state index contributed by atoms with van der Waals surface area (Å²) in [5.74, 6) is 0.156. The first-order valence-electron chi connectivity index (χ1n) is 6.57. The van der Waals surface area contributed by atoms with E-state index in [1.807, 2.05) is 6.20 Å². The van der Waals surface area contributed by atoms with Gasteiger partial charge >= 0.3 is 0 Å². The van der Waals surface area contributed by atoms with E-state index >= 15 is 0 Å². The van der Waals surface area contributed by atoms with E-state index in [-0.39, 0.29) is 12.3 Å². The maximum Gasteiger partial charge on any atom is 0.225 e. The Morgan fingerprint density at radius 2 is 2.44 bits per heavy atom. The summed E-state index contributed by atoms with van der Waals surface area (Å²) in [6.07, 6.45) is 6.32. The van der Waals surface area contributed by atoms with Crippen LogP contribution in [0.1, 0.15) is 49.3 Å². The number of nitrogens with one attached hydrogen (secondary N) is 1. The number of hydrogen-bond acceptors (Lipinski definition) is 4.